The molecule has 2 aromatic rings. The third-order valence-electron chi connectivity index (χ3n) is 4.07. The highest BCUT2D eigenvalue weighted by atomic mass is 14.9. The smallest absolute Gasteiger partial charge is 0.0468 e. The second-order valence-electron chi connectivity index (χ2n) is 5.59. The molecule has 0 heterocycles. The van der Waals surface area contributed by atoms with Gasteiger partial charge in [-0.2, -0.15) is 0 Å². The van der Waals surface area contributed by atoms with Gasteiger partial charge in [-0.3, -0.25) is 0 Å². The molecular weight excluding hydrogens is 194 g/mol. The van der Waals surface area contributed by atoms with Crippen molar-refractivity contribution in [1.29, 1.82) is 0 Å². The summed E-state index contributed by atoms with van der Waals surface area (Å²) in [5.41, 5.74) is 7.84. The Kier molecular flexibility index (Phi) is 1.76. The minimum Gasteiger partial charge on any atom is -0.321 e. The first-order chi connectivity index (χ1) is 7.53. The Labute approximate surface area is 96.3 Å². The highest BCUT2D eigenvalue weighted by molar-refractivity contribution is 5.83. The molecule has 1 unspecified atom stereocenters. The summed E-state index contributed by atoms with van der Waals surface area (Å²) < 4.78 is 0. The summed E-state index contributed by atoms with van der Waals surface area (Å²) >= 11 is 0. The Hall–Kier alpha value is -1.34. The van der Waals surface area contributed by atoms with E-state index >= 15 is 0 Å². The highest BCUT2D eigenvalue weighted by Gasteiger charge is 2.59. The van der Waals surface area contributed by atoms with Crippen LogP contribution in [0.25, 0.3) is 10.8 Å². The lowest BCUT2D eigenvalue weighted by Gasteiger charge is -2.16. The van der Waals surface area contributed by atoms with Crippen molar-refractivity contribution < 1.29 is 0 Å². The molecule has 1 fully saturated rings. The van der Waals surface area contributed by atoms with E-state index < -0.39 is 0 Å². The number of fused-ring (bicyclic) bond motifs is 1. The zero-order chi connectivity index (χ0) is 11.4. The lowest BCUT2D eigenvalue weighted by atomic mass is 9.95. The Balaban J connectivity index is 2.14. The van der Waals surface area contributed by atoms with Crippen LogP contribution in [0.1, 0.15) is 25.8 Å². The number of hydrogen-bond acceptors (Lipinski definition) is 1. The van der Waals surface area contributed by atoms with Gasteiger partial charge in [-0.1, -0.05) is 50.2 Å². The van der Waals surface area contributed by atoms with E-state index in [0.717, 1.165) is 6.42 Å². The van der Waals surface area contributed by atoms with Crippen molar-refractivity contribution in [2.24, 2.45) is 11.1 Å². The van der Waals surface area contributed by atoms with E-state index in [9.17, 15) is 0 Å². The van der Waals surface area contributed by atoms with Crippen LogP contribution in [0, 0.1) is 5.41 Å². The summed E-state index contributed by atoms with van der Waals surface area (Å²) in [5.74, 6) is 0. The Morgan fingerprint density at radius 1 is 1.00 bits per heavy atom. The van der Waals surface area contributed by atoms with Crippen LogP contribution < -0.4 is 5.73 Å². The number of nitrogens with two attached hydrogens (primary N) is 1. The molecule has 1 aliphatic carbocycles. The van der Waals surface area contributed by atoms with Gasteiger partial charge in [-0.05, 0) is 34.2 Å². The second kappa shape index (κ2) is 2.86. The first-order valence-corrected chi connectivity index (χ1v) is 5.81. The van der Waals surface area contributed by atoms with Crippen LogP contribution in [0.3, 0.4) is 0 Å². The molecular formula is C15H17N. The molecule has 0 amide bonds. The average molecular weight is 211 g/mol. The van der Waals surface area contributed by atoms with Crippen molar-refractivity contribution >= 4 is 10.8 Å². The first kappa shape index (κ1) is 9.86. The molecule has 1 atom stereocenters. The molecule has 0 saturated heterocycles. The second-order valence-corrected chi connectivity index (χ2v) is 5.59. The van der Waals surface area contributed by atoms with E-state index in [1.807, 2.05) is 0 Å². The summed E-state index contributed by atoms with van der Waals surface area (Å²) in [7, 11) is 0. The SMILES string of the molecule is CC1(C)CC1(N)c1ccc2ccccc2c1. The Bertz CT molecular complexity index is 556. The van der Waals surface area contributed by atoms with E-state index in [4.69, 9.17) is 5.73 Å². The molecule has 0 bridgehead atoms. The number of benzene rings is 2. The average Bonchev–Trinajstić information content (AvgIpc) is 2.79. The third kappa shape index (κ3) is 1.21. The molecule has 82 valence electrons. The first-order valence-electron chi connectivity index (χ1n) is 5.81. The van der Waals surface area contributed by atoms with Crippen molar-refractivity contribution in [2.45, 2.75) is 25.8 Å². The largest absolute Gasteiger partial charge is 0.321 e. The van der Waals surface area contributed by atoms with Gasteiger partial charge in [-0.15, -0.1) is 0 Å². The van der Waals surface area contributed by atoms with Crippen LogP contribution in [-0.4, -0.2) is 0 Å². The molecule has 1 aliphatic rings. The van der Waals surface area contributed by atoms with Crippen molar-refractivity contribution in [3.8, 4) is 0 Å². The van der Waals surface area contributed by atoms with Gasteiger partial charge in [0, 0.05) is 5.54 Å². The fourth-order valence-electron chi connectivity index (χ4n) is 2.61. The molecule has 1 heteroatoms. The van der Waals surface area contributed by atoms with Crippen LogP contribution in [0.15, 0.2) is 42.5 Å². The number of rotatable bonds is 1. The fourth-order valence-corrected chi connectivity index (χ4v) is 2.61. The minimum absolute atomic E-state index is 0.114. The molecule has 0 spiro atoms. The zero-order valence-electron chi connectivity index (χ0n) is 9.83. The zero-order valence-corrected chi connectivity index (χ0v) is 9.83. The molecule has 1 nitrogen and oxygen atoms in total. The van der Waals surface area contributed by atoms with E-state index in [-0.39, 0.29) is 11.0 Å². The quantitative estimate of drug-likeness (QED) is 0.768. The summed E-state index contributed by atoms with van der Waals surface area (Å²) in [4.78, 5) is 0. The molecule has 3 rings (SSSR count). The maximum Gasteiger partial charge on any atom is 0.0468 e. The fraction of sp³-hybridized carbons (Fsp3) is 0.333. The van der Waals surface area contributed by atoms with Crippen LogP contribution in [0.5, 0.6) is 0 Å². The Morgan fingerprint density at radius 3 is 2.25 bits per heavy atom. The summed E-state index contributed by atoms with van der Waals surface area (Å²) in [6.45, 7) is 4.48. The van der Waals surface area contributed by atoms with E-state index in [1.54, 1.807) is 0 Å². The molecule has 0 aliphatic heterocycles. The molecule has 2 N–H and O–H groups in total. The molecule has 0 radical (unpaired) electrons. The lowest BCUT2D eigenvalue weighted by molar-refractivity contribution is 0.510. The van der Waals surface area contributed by atoms with Gasteiger partial charge < -0.3 is 5.73 Å². The van der Waals surface area contributed by atoms with Crippen molar-refractivity contribution in [3.05, 3.63) is 48.0 Å². The van der Waals surface area contributed by atoms with Gasteiger partial charge in [0.2, 0.25) is 0 Å². The monoisotopic (exact) mass is 211 g/mol. The van der Waals surface area contributed by atoms with Gasteiger partial charge in [0.15, 0.2) is 0 Å². The third-order valence-corrected chi connectivity index (χ3v) is 4.07. The summed E-state index contributed by atoms with van der Waals surface area (Å²) in [6.07, 6.45) is 1.08. The van der Waals surface area contributed by atoms with Gasteiger partial charge >= 0.3 is 0 Å². The van der Waals surface area contributed by atoms with Crippen molar-refractivity contribution in [3.63, 3.8) is 0 Å². The van der Waals surface area contributed by atoms with Crippen molar-refractivity contribution in [2.75, 3.05) is 0 Å². The van der Waals surface area contributed by atoms with Gasteiger partial charge in [0.25, 0.3) is 0 Å². The van der Waals surface area contributed by atoms with E-state index in [1.165, 1.54) is 16.3 Å². The van der Waals surface area contributed by atoms with Crippen LogP contribution in [0.2, 0.25) is 0 Å². The number of hydrogen-bond donors (Lipinski definition) is 1. The minimum atomic E-state index is -0.114. The molecule has 16 heavy (non-hydrogen) atoms. The predicted molar refractivity (Wildman–Crippen MR) is 68.2 cm³/mol. The van der Waals surface area contributed by atoms with Crippen LogP contribution in [-0.2, 0) is 5.54 Å². The van der Waals surface area contributed by atoms with Gasteiger partial charge in [-0.25, -0.2) is 0 Å². The van der Waals surface area contributed by atoms with Crippen molar-refractivity contribution in [1.82, 2.24) is 0 Å². The Morgan fingerprint density at radius 2 is 1.62 bits per heavy atom. The highest BCUT2D eigenvalue weighted by Crippen LogP contribution is 2.60. The maximum atomic E-state index is 6.44. The van der Waals surface area contributed by atoms with E-state index in [0.29, 0.717) is 0 Å². The van der Waals surface area contributed by atoms with Gasteiger partial charge in [0.05, 0.1) is 0 Å². The topological polar surface area (TPSA) is 26.0 Å². The van der Waals surface area contributed by atoms with E-state index in [2.05, 4.69) is 56.3 Å². The van der Waals surface area contributed by atoms with Crippen LogP contribution >= 0.6 is 0 Å². The standard InChI is InChI=1S/C15H17N/c1-14(2)10-15(14,16)13-8-7-11-5-3-4-6-12(11)9-13/h3-9H,10,16H2,1-2H3. The van der Waals surface area contributed by atoms with Crippen LogP contribution in [0.4, 0.5) is 0 Å². The summed E-state index contributed by atoms with van der Waals surface area (Å²) in [6, 6.07) is 15.0. The molecule has 2 aromatic carbocycles. The summed E-state index contributed by atoms with van der Waals surface area (Å²) in [5, 5.41) is 2.57. The predicted octanol–water partition coefficient (Wildman–Crippen LogP) is 3.42. The molecule has 1 saturated carbocycles. The van der Waals surface area contributed by atoms with Gasteiger partial charge in [0.1, 0.15) is 0 Å². The molecule has 0 aromatic heterocycles. The maximum absolute atomic E-state index is 6.44. The lowest BCUT2D eigenvalue weighted by Crippen LogP contribution is -2.25. The normalized spacial score (nSPS) is 26.9.